The Morgan fingerprint density at radius 1 is 1.56 bits per heavy atom. The maximum atomic E-state index is 11.4. The number of hydrogen-bond acceptors (Lipinski definition) is 4. The quantitative estimate of drug-likeness (QED) is 0.784. The lowest BCUT2D eigenvalue weighted by Gasteiger charge is -2.09. The first-order chi connectivity index (χ1) is 8.54. The summed E-state index contributed by atoms with van der Waals surface area (Å²) in [5.41, 5.74) is 6.79. The van der Waals surface area contributed by atoms with Crippen LogP contribution < -0.4 is 5.73 Å². The van der Waals surface area contributed by atoms with Gasteiger partial charge in [-0.1, -0.05) is 18.6 Å². The third kappa shape index (κ3) is 4.44. The number of rotatable bonds is 7. The van der Waals surface area contributed by atoms with Crippen LogP contribution >= 0.6 is 0 Å². The Kier molecular flexibility index (Phi) is 5.77. The number of aromatic nitrogens is 3. The normalized spacial score (nSPS) is 12.4. The van der Waals surface area contributed by atoms with Crippen LogP contribution in [0.1, 0.15) is 44.3 Å². The molecule has 0 spiro atoms. The average molecular weight is 253 g/mol. The van der Waals surface area contributed by atoms with Crippen molar-refractivity contribution in [2.24, 2.45) is 5.73 Å². The van der Waals surface area contributed by atoms with Crippen LogP contribution in [-0.2, 0) is 11.3 Å². The van der Waals surface area contributed by atoms with E-state index in [2.05, 4.69) is 17.2 Å². The van der Waals surface area contributed by atoms with Gasteiger partial charge in [-0.05, 0) is 12.8 Å². The van der Waals surface area contributed by atoms with E-state index in [1.165, 1.54) is 0 Å². The number of carbonyl (C=O) groups is 1. The van der Waals surface area contributed by atoms with Gasteiger partial charge in [0.25, 0.3) is 0 Å². The Labute approximate surface area is 108 Å². The Morgan fingerprint density at radius 2 is 2.28 bits per heavy atom. The standard InChI is InChI=1S/C12H23N5O/c1-4-6-10(13)11-9-17(15-14-11)8-5-7-12(18)16(2)3/h9-10H,4-8,13H2,1-3H3. The van der Waals surface area contributed by atoms with Gasteiger partial charge in [0.05, 0.1) is 17.9 Å². The SMILES string of the molecule is CCCC(N)c1cn(CCCC(=O)N(C)C)nn1. The highest BCUT2D eigenvalue weighted by Crippen LogP contribution is 2.12. The van der Waals surface area contributed by atoms with E-state index in [4.69, 9.17) is 5.73 Å². The lowest BCUT2D eigenvalue weighted by atomic mass is 10.1. The predicted molar refractivity (Wildman–Crippen MR) is 69.8 cm³/mol. The molecule has 0 saturated carbocycles. The number of aryl methyl sites for hydroxylation is 1. The number of hydrogen-bond donors (Lipinski definition) is 1. The van der Waals surface area contributed by atoms with E-state index in [9.17, 15) is 4.79 Å². The van der Waals surface area contributed by atoms with Gasteiger partial charge in [-0.25, -0.2) is 0 Å². The van der Waals surface area contributed by atoms with Gasteiger partial charge in [0.15, 0.2) is 0 Å². The van der Waals surface area contributed by atoms with E-state index in [-0.39, 0.29) is 11.9 Å². The van der Waals surface area contributed by atoms with Crippen molar-refractivity contribution >= 4 is 5.91 Å². The summed E-state index contributed by atoms with van der Waals surface area (Å²) in [7, 11) is 3.53. The Bertz CT molecular complexity index is 374. The molecule has 1 amide bonds. The third-order valence-electron chi connectivity index (χ3n) is 2.81. The molecule has 0 aliphatic rings. The summed E-state index contributed by atoms with van der Waals surface area (Å²) in [5.74, 6) is 0.137. The molecule has 6 nitrogen and oxygen atoms in total. The highest BCUT2D eigenvalue weighted by molar-refractivity contribution is 5.75. The summed E-state index contributed by atoms with van der Waals surface area (Å²) < 4.78 is 1.76. The van der Waals surface area contributed by atoms with E-state index in [0.29, 0.717) is 13.0 Å². The monoisotopic (exact) mass is 253 g/mol. The number of nitrogens with two attached hydrogens (primary N) is 1. The van der Waals surface area contributed by atoms with E-state index >= 15 is 0 Å². The smallest absolute Gasteiger partial charge is 0.222 e. The van der Waals surface area contributed by atoms with Crippen molar-refractivity contribution in [3.63, 3.8) is 0 Å². The van der Waals surface area contributed by atoms with Crippen LogP contribution in [0.5, 0.6) is 0 Å². The van der Waals surface area contributed by atoms with Crippen molar-refractivity contribution in [1.29, 1.82) is 0 Å². The van der Waals surface area contributed by atoms with E-state index in [1.807, 2.05) is 6.20 Å². The van der Waals surface area contributed by atoms with Crippen LogP contribution in [0.15, 0.2) is 6.20 Å². The maximum Gasteiger partial charge on any atom is 0.222 e. The maximum absolute atomic E-state index is 11.4. The predicted octanol–water partition coefficient (Wildman–Crippen LogP) is 0.946. The molecule has 2 N–H and O–H groups in total. The first kappa shape index (κ1) is 14.6. The zero-order valence-corrected chi connectivity index (χ0v) is 11.5. The summed E-state index contributed by atoms with van der Waals surface area (Å²) in [6.07, 6.45) is 5.12. The van der Waals surface area contributed by atoms with Crippen molar-refractivity contribution in [3.8, 4) is 0 Å². The summed E-state index contributed by atoms with van der Waals surface area (Å²) >= 11 is 0. The molecule has 1 rings (SSSR count). The minimum atomic E-state index is -0.0350. The highest BCUT2D eigenvalue weighted by atomic mass is 16.2. The molecule has 0 bridgehead atoms. The van der Waals surface area contributed by atoms with Crippen LogP contribution in [0.2, 0.25) is 0 Å². The van der Waals surface area contributed by atoms with Crippen molar-refractivity contribution in [2.75, 3.05) is 14.1 Å². The van der Waals surface area contributed by atoms with Gasteiger partial charge in [0.1, 0.15) is 0 Å². The van der Waals surface area contributed by atoms with E-state index < -0.39 is 0 Å². The van der Waals surface area contributed by atoms with E-state index in [1.54, 1.807) is 23.7 Å². The molecular formula is C12H23N5O. The summed E-state index contributed by atoms with van der Waals surface area (Å²) in [6, 6.07) is -0.0350. The minimum Gasteiger partial charge on any atom is -0.349 e. The van der Waals surface area contributed by atoms with Gasteiger partial charge in [-0.2, -0.15) is 0 Å². The Morgan fingerprint density at radius 3 is 2.89 bits per heavy atom. The molecular weight excluding hydrogens is 230 g/mol. The fraction of sp³-hybridized carbons (Fsp3) is 0.750. The zero-order chi connectivity index (χ0) is 13.5. The van der Waals surface area contributed by atoms with E-state index in [0.717, 1.165) is 25.0 Å². The van der Waals surface area contributed by atoms with Crippen LogP contribution in [0.4, 0.5) is 0 Å². The van der Waals surface area contributed by atoms with Gasteiger partial charge < -0.3 is 10.6 Å². The van der Waals surface area contributed by atoms with Gasteiger partial charge in [0.2, 0.25) is 5.91 Å². The van der Waals surface area contributed by atoms with Gasteiger partial charge in [0, 0.05) is 27.1 Å². The zero-order valence-electron chi connectivity index (χ0n) is 11.5. The molecule has 102 valence electrons. The van der Waals surface area contributed by atoms with Gasteiger partial charge in [-0.15, -0.1) is 5.10 Å². The fourth-order valence-corrected chi connectivity index (χ4v) is 1.67. The first-order valence-electron chi connectivity index (χ1n) is 6.40. The molecule has 6 heteroatoms. The molecule has 0 aliphatic carbocycles. The second-order valence-electron chi connectivity index (χ2n) is 4.69. The third-order valence-corrected chi connectivity index (χ3v) is 2.81. The molecule has 0 saturated heterocycles. The molecule has 1 atom stereocenters. The molecule has 1 aromatic rings. The highest BCUT2D eigenvalue weighted by Gasteiger charge is 2.10. The molecule has 0 fully saturated rings. The van der Waals surface area contributed by atoms with Gasteiger partial charge >= 0.3 is 0 Å². The molecule has 0 aliphatic heterocycles. The topological polar surface area (TPSA) is 77.0 Å². The van der Waals surface area contributed by atoms with Crippen molar-refractivity contribution < 1.29 is 4.79 Å². The lowest BCUT2D eigenvalue weighted by molar-refractivity contribution is -0.128. The molecule has 1 aromatic heterocycles. The number of nitrogens with zero attached hydrogens (tertiary/aromatic N) is 4. The minimum absolute atomic E-state index is 0.0350. The number of carbonyl (C=O) groups excluding carboxylic acids is 1. The molecule has 18 heavy (non-hydrogen) atoms. The largest absolute Gasteiger partial charge is 0.349 e. The van der Waals surface area contributed by atoms with Crippen LogP contribution in [0.25, 0.3) is 0 Å². The summed E-state index contributed by atoms with van der Waals surface area (Å²) in [4.78, 5) is 13.0. The molecule has 1 unspecified atom stereocenters. The summed E-state index contributed by atoms with van der Waals surface area (Å²) in [5, 5.41) is 8.08. The van der Waals surface area contributed by atoms with Crippen molar-refractivity contribution in [3.05, 3.63) is 11.9 Å². The molecule has 1 heterocycles. The van der Waals surface area contributed by atoms with Crippen LogP contribution in [0, 0.1) is 0 Å². The van der Waals surface area contributed by atoms with Crippen LogP contribution in [0.3, 0.4) is 0 Å². The Balaban J connectivity index is 2.38. The molecule has 0 radical (unpaired) electrons. The lowest BCUT2D eigenvalue weighted by Crippen LogP contribution is -2.21. The van der Waals surface area contributed by atoms with Gasteiger partial charge in [-0.3, -0.25) is 9.48 Å². The average Bonchev–Trinajstić information content (AvgIpc) is 2.78. The van der Waals surface area contributed by atoms with Crippen molar-refractivity contribution in [2.45, 2.75) is 45.2 Å². The van der Waals surface area contributed by atoms with Crippen LogP contribution in [-0.4, -0.2) is 39.9 Å². The van der Waals surface area contributed by atoms with Crippen molar-refractivity contribution in [1.82, 2.24) is 19.9 Å². The molecule has 0 aromatic carbocycles. The summed E-state index contributed by atoms with van der Waals surface area (Å²) in [6.45, 7) is 2.79. The Hall–Kier alpha value is -1.43. The first-order valence-corrected chi connectivity index (χ1v) is 6.40. The fourth-order valence-electron chi connectivity index (χ4n) is 1.67. The number of amides is 1. The second-order valence-corrected chi connectivity index (χ2v) is 4.69. The second kappa shape index (κ2) is 7.10.